The van der Waals surface area contributed by atoms with Gasteiger partial charge >= 0.3 is 5.97 Å². The Hall–Kier alpha value is -2.04. The standard InChI is InChI=1S/C17H25NO4/c1-6-12-7-9-13(10-8-12)22-17(4,5)16(21)18-14(11(2)3)15(19)20/h7-11,14H,6H2,1-5H3,(H,18,21)(H,19,20). The summed E-state index contributed by atoms with van der Waals surface area (Å²) in [6, 6.07) is 6.57. The van der Waals surface area contributed by atoms with Crippen LogP contribution < -0.4 is 10.1 Å². The van der Waals surface area contributed by atoms with Crippen LogP contribution in [0.15, 0.2) is 24.3 Å². The summed E-state index contributed by atoms with van der Waals surface area (Å²) in [6.07, 6.45) is 0.929. The molecule has 0 saturated carbocycles. The number of rotatable bonds is 7. The highest BCUT2D eigenvalue weighted by atomic mass is 16.5. The maximum Gasteiger partial charge on any atom is 0.326 e. The number of benzene rings is 1. The Balaban J connectivity index is 2.78. The smallest absolute Gasteiger partial charge is 0.326 e. The third-order valence-corrected chi connectivity index (χ3v) is 3.47. The van der Waals surface area contributed by atoms with E-state index in [0.29, 0.717) is 5.75 Å². The lowest BCUT2D eigenvalue weighted by Gasteiger charge is -2.28. The predicted octanol–water partition coefficient (Wildman–Crippen LogP) is 2.63. The van der Waals surface area contributed by atoms with Gasteiger partial charge in [0.2, 0.25) is 0 Å². The van der Waals surface area contributed by atoms with Crippen LogP contribution in [0.2, 0.25) is 0 Å². The first kappa shape index (κ1) is 18.0. The number of ether oxygens (including phenoxy) is 1. The molecule has 5 heteroatoms. The molecular weight excluding hydrogens is 282 g/mol. The Morgan fingerprint density at radius 2 is 1.77 bits per heavy atom. The van der Waals surface area contributed by atoms with Crippen LogP contribution in [-0.4, -0.2) is 28.6 Å². The van der Waals surface area contributed by atoms with E-state index in [1.165, 1.54) is 5.56 Å². The fourth-order valence-electron chi connectivity index (χ4n) is 1.96. The van der Waals surface area contributed by atoms with Crippen LogP contribution in [0.25, 0.3) is 0 Å². The van der Waals surface area contributed by atoms with Crippen molar-refractivity contribution in [1.29, 1.82) is 0 Å². The monoisotopic (exact) mass is 307 g/mol. The lowest BCUT2D eigenvalue weighted by atomic mass is 10.0. The Labute approximate surface area is 131 Å². The molecule has 1 unspecified atom stereocenters. The summed E-state index contributed by atoms with van der Waals surface area (Å²) < 4.78 is 5.72. The minimum absolute atomic E-state index is 0.207. The highest BCUT2D eigenvalue weighted by Gasteiger charge is 2.34. The SMILES string of the molecule is CCc1ccc(OC(C)(C)C(=O)NC(C(=O)O)C(C)C)cc1. The van der Waals surface area contributed by atoms with Gasteiger partial charge in [0.15, 0.2) is 5.60 Å². The van der Waals surface area contributed by atoms with E-state index in [-0.39, 0.29) is 5.92 Å². The van der Waals surface area contributed by atoms with E-state index >= 15 is 0 Å². The van der Waals surface area contributed by atoms with E-state index < -0.39 is 23.5 Å². The fraction of sp³-hybridized carbons (Fsp3) is 0.529. The van der Waals surface area contributed by atoms with Crippen molar-refractivity contribution in [3.05, 3.63) is 29.8 Å². The third kappa shape index (κ3) is 4.76. The molecule has 1 atom stereocenters. The van der Waals surface area contributed by atoms with Gasteiger partial charge in [-0.3, -0.25) is 4.79 Å². The second kappa shape index (κ2) is 7.29. The molecule has 5 nitrogen and oxygen atoms in total. The van der Waals surface area contributed by atoms with Crippen molar-refractivity contribution < 1.29 is 19.4 Å². The van der Waals surface area contributed by atoms with Crippen LogP contribution in [-0.2, 0) is 16.0 Å². The Bertz CT molecular complexity index is 520. The molecule has 0 aliphatic carbocycles. The van der Waals surface area contributed by atoms with E-state index in [4.69, 9.17) is 9.84 Å². The van der Waals surface area contributed by atoms with Crippen molar-refractivity contribution in [3.8, 4) is 5.75 Å². The maximum atomic E-state index is 12.3. The molecule has 0 aliphatic heterocycles. The van der Waals surface area contributed by atoms with E-state index in [9.17, 15) is 9.59 Å². The average molecular weight is 307 g/mol. The number of amides is 1. The second-order valence-corrected chi connectivity index (χ2v) is 6.14. The molecule has 0 spiro atoms. The topological polar surface area (TPSA) is 75.6 Å². The lowest BCUT2D eigenvalue weighted by molar-refractivity contribution is -0.146. The second-order valence-electron chi connectivity index (χ2n) is 6.14. The van der Waals surface area contributed by atoms with Gasteiger partial charge in [-0.15, -0.1) is 0 Å². The zero-order chi connectivity index (χ0) is 16.9. The van der Waals surface area contributed by atoms with Gasteiger partial charge < -0.3 is 15.2 Å². The van der Waals surface area contributed by atoms with Crippen LogP contribution in [0.3, 0.4) is 0 Å². The number of aliphatic carboxylic acids is 1. The van der Waals surface area contributed by atoms with Crippen molar-refractivity contribution in [3.63, 3.8) is 0 Å². The number of carbonyl (C=O) groups is 2. The molecule has 2 N–H and O–H groups in total. The quantitative estimate of drug-likeness (QED) is 0.812. The van der Waals surface area contributed by atoms with E-state index in [1.54, 1.807) is 27.7 Å². The van der Waals surface area contributed by atoms with Crippen molar-refractivity contribution in [2.45, 2.75) is 52.7 Å². The Kier molecular flexibility index (Phi) is 5.97. The zero-order valence-electron chi connectivity index (χ0n) is 13.8. The maximum absolute atomic E-state index is 12.3. The van der Waals surface area contributed by atoms with Crippen molar-refractivity contribution >= 4 is 11.9 Å². The molecule has 0 fully saturated rings. The number of carboxylic acid groups (broad SMARTS) is 1. The number of carboxylic acids is 1. The summed E-state index contributed by atoms with van der Waals surface area (Å²) in [7, 11) is 0. The zero-order valence-corrected chi connectivity index (χ0v) is 13.8. The van der Waals surface area contributed by atoms with Crippen LogP contribution in [0.4, 0.5) is 0 Å². The van der Waals surface area contributed by atoms with Gasteiger partial charge in [-0.1, -0.05) is 32.9 Å². The number of aryl methyl sites for hydroxylation is 1. The molecule has 22 heavy (non-hydrogen) atoms. The molecule has 0 aliphatic rings. The van der Waals surface area contributed by atoms with Crippen molar-refractivity contribution in [2.75, 3.05) is 0 Å². The molecule has 1 amide bonds. The number of carbonyl (C=O) groups excluding carboxylic acids is 1. The van der Waals surface area contributed by atoms with E-state index in [2.05, 4.69) is 12.2 Å². The summed E-state index contributed by atoms with van der Waals surface area (Å²) >= 11 is 0. The summed E-state index contributed by atoms with van der Waals surface area (Å²) in [4.78, 5) is 23.5. The first-order chi connectivity index (χ1) is 10.2. The summed E-state index contributed by atoms with van der Waals surface area (Å²) in [5.41, 5.74) is 0.0245. The van der Waals surface area contributed by atoms with Gasteiger partial charge in [-0.25, -0.2) is 4.79 Å². The van der Waals surface area contributed by atoms with E-state index in [1.807, 2.05) is 24.3 Å². The largest absolute Gasteiger partial charge is 0.480 e. The summed E-state index contributed by atoms with van der Waals surface area (Å²) in [5, 5.41) is 11.7. The molecule has 0 radical (unpaired) electrons. The van der Waals surface area contributed by atoms with Crippen LogP contribution in [0.5, 0.6) is 5.75 Å². The predicted molar refractivity (Wildman–Crippen MR) is 84.9 cm³/mol. The highest BCUT2D eigenvalue weighted by Crippen LogP contribution is 2.20. The van der Waals surface area contributed by atoms with Crippen LogP contribution >= 0.6 is 0 Å². The lowest BCUT2D eigenvalue weighted by Crippen LogP contribution is -2.53. The van der Waals surface area contributed by atoms with Crippen LogP contribution in [0.1, 0.15) is 40.2 Å². The summed E-state index contributed by atoms with van der Waals surface area (Å²) in [6.45, 7) is 8.79. The molecule has 0 heterocycles. The molecular formula is C17H25NO4. The third-order valence-electron chi connectivity index (χ3n) is 3.47. The van der Waals surface area contributed by atoms with Gasteiger partial charge in [0.25, 0.3) is 5.91 Å². The molecule has 1 rings (SSSR count). The van der Waals surface area contributed by atoms with Gasteiger partial charge in [0.05, 0.1) is 0 Å². The van der Waals surface area contributed by atoms with Gasteiger partial charge in [0.1, 0.15) is 11.8 Å². The average Bonchev–Trinajstić information content (AvgIpc) is 2.44. The van der Waals surface area contributed by atoms with Gasteiger partial charge in [-0.05, 0) is 43.9 Å². The first-order valence-electron chi connectivity index (χ1n) is 7.49. The van der Waals surface area contributed by atoms with Gasteiger partial charge in [0, 0.05) is 0 Å². The van der Waals surface area contributed by atoms with Crippen molar-refractivity contribution in [2.24, 2.45) is 5.92 Å². The Morgan fingerprint density at radius 3 is 2.18 bits per heavy atom. The normalized spacial score (nSPS) is 12.8. The Morgan fingerprint density at radius 1 is 1.23 bits per heavy atom. The number of hydrogen-bond donors (Lipinski definition) is 2. The molecule has 1 aromatic rings. The molecule has 1 aromatic carbocycles. The molecule has 0 aromatic heterocycles. The first-order valence-corrected chi connectivity index (χ1v) is 7.49. The van der Waals surface area contributed by atoms with Gasteiger partial charge in [-0.2, -0.15) is 0 Å². The van der Waals surface area contributed by atoms with Crippen LogP contribution in [0, 0.1) is 5.92 Å². The van der Waals surface area contributed by atoms with E-state index in [0.717, 1.165) is 6.42 Å². The molecule has 122 valence electrons. The fourth-order valence-corrected chi connectivity index (χ4v) is 1.96. The minimum Gasteiger partial charge on any atom is -0.480 e. The molecule has 0 saturated heterocycles. The van der Waals surface area contributed by atoms with Crippen molar-refractivity contribution in [1.82, 2.24) is 5.32 Å². The summed E-state index contributed by atoms with van der Waals surface area (Å²) in [5.74, 6) is -1.13. The highest BCUT2D eigenvalue weighted by molar-refractivity contribution is 5.89. The number of hydrogen-bond acceptors (Lipinski definition) is 3. The number of nitrogens with one attached hydrogen (secondary N) is 1. The molecule has 0 bridgehead atoms. The minimum atomic E-state index is -1.16.